The number of carboxylic acid groups (broad SMARTS) is 1. The standard InChI is InChI=1S/C15H10ClN3O5S/c16-10-5-6-11(14(20)21)12(7-10)18-15(22)19-25(23,24)13-4-2-1-3-9(13)8-17/h1-7H,(H,20,21)(H2,18,19,22). The first-order chi connectivity index (χ1) is 11.7. The molecule has 2 rings (SSSR count). The Kier molecular flexibility index (Phi) is 5.26. The number of hydrogen-bond acceptors (Lipinski definition) is 5. The fourth-order valence-electron chi connectivity index (χ4n) is 1.92. The van der Waals surface area contributed by atoms with Crippen molar-refractivity contribution in [2.24, 2.45) is 0 Å². The van der Waals surface area contributed by atoms with Crippen LogP contribution in [-0.4, -0.2) is 25.5 Å². The van der Waals surface area contributed by atoms with E-state index in [1.165, 1.54) is 36.4 Å². The minimum Gasteiger partial charge on any atom is -0.478 e. The third-order valence-electron chi connectivity index (χ3n) is 2.98. The molecule has 0 fully saturated rings. The molecular weight excluding hydrogens is 370 g/mol. The number of aromatic carboxylic acids is 1. The van der Waals surface area contributed by atoms with Crippen molar-refractivity contribution in [1.82, 2.24) is 4.72 Å². The molecule has 2 amide bonds. The van der Waals surface area contributed by atoms with E-state index in [1.807, 2.05) is 0 Å². The van der Waals surface area contributed by atoms with E-state index in [9.17, 15) is 18.0 Å². The number of benzene rings is 2. The van der Waals surface area contributed by atoms with Gasteiger partial charge in [-0.1, -0.05) is 23.7 Å². The van der Waals surface area contributed by atoms with Crippen LogP contribution in [0.25, 0.3) is 0 Å². The van der Waals surface area contributed by atoms with Gasteiger partial charge in [0.15, 0.2) is 0 Å². The third-order valence-corrected chi connectivity index (χ3v) is 4.61. The summed E-state index contributed by atoms with van der Waals surface area (Å²) in [7, 11) is -4.33. The van der Waals surface area contributed by atoms with E-state index in [1.54, 1.807) is 10.8 Å². The molecule has 0 atom stereocenters. The molecule has 0 saturated carbocycles. The van der Waals surface area contributed by atoms with Crippen molar-refractivity contribution >= 4 is 39.3 Å². The molecule has 0 saturated heterocycles. The van der Waals surface area contributed by atoms with Gasteiger partial charge in [-0.15, -0.1) is 0 Å². The maximum atomic E-state index is 12.2. The highest BCUT2D eigenvalue weighted by molar-refractivity contribution is 7.90. The molecule has 128 valence electrons. The summed E-state index contributed by atoms with van der Waals surface area (Å²) in [6.45, 7) is 0. The lowest BCUT2D eigenvalue weighted by molar-refractivity contribution is 0.0698. The van der Waals surface area contributed by atoms with Gasteiger partial charge < -0.3 is 10.4 Å². The topological polar surface area (TPSA) is 136 Å². The van der Waals surface area contributed by atoms with E-state index in [2.05, 4.69) is 5.32 Å². The number of urea groups is 1. The van der Waals surface area contributed by atoms with Gasteiger partial charge in [0.1, 0.15) is 11.0 Å². The molecule has 0 unspecified atom stereocenters. The van der Waals surface area contributed by atoms with E-state index in [0.29, 0.717) is 0 Å². The van der Waals surface area contributed by atoms with Gasteiger partial charge in [0.2, 0.25) is 0 Å². The monoisotopic (exact) mass is 379 g/mol. The van der Waals surface area contributed by atoms with Crippen molar-refractivity contribution < 1.29 is 23.1 Å². The smallest absolute Gasteiger partial charge is 0.337 e. The van der Waals surface area contributed by atoms with Crippen LogP contribution in [0.3, 0.4) is 0 Å². The van der Waals surface area contributed by atoms with Crippen LogP contribution >= 0.6 is 11.6 Å². The third kappa shape index (κ3) is 4.26. The van der Waals surface area contributed by atoms with E-state index in [0.717, 1.165) is 6.07 Å². The Morgan fingerprint density at radius 2 is 1.84 bits per heavy atom. The molecule has 0 aliphatic rings. The second-order valence-corrected chi connectivity index (χ2v) is 6.75. The second-order valence-electron chi connectivity index (χ2n) is 4.66. The Morgan fingerprint density at radius 3 is 2.48 bits per heavy atom. The van der Waals surface area contributed by atoms with Gasteiger partial charge in [-0.05, 0) is 30.3 Å². The van der Waals surface area contributed by atoms with Gasteiger partial charge in [0.05, 0.1) is 16.8 Å². The number of nitriles is 1. The number of rotatable bonds is 4. The first-order valence-electron chi connectivity index (χ1n) is 6.60. The lowest BCUT2D eigenvalue weighted by Crippen LogP contribution is -2.35. The van der Waals surface area contributed by atoms with E-state index >= 15 is 0 Å². The Morgan fingerprint density at radius 1 is 1.16 bits per heavy atom. The molecule has 0 heterocycles. The fraction of sp³-hybridized carbons (Fsp3) is 0. The van der Waals surface area contributed by atoms with Crippen LogP contribution in [0.2, 0.25) is 5.02 Å². The quantitative estimate of drug-likeness (QED) is 0.746. The number of amides is 2. The van der Waals surface area contributed by atoms with Gasteiger partial charge in [-0.25, -0.2) is 22.7 Å². The fourth-order valence-corrected chi connectivity index (χ4v) is 3.16. The molecule has 8 nitrogen and oxygen atoms in total. The zero-order valence-electron chi connectivity index (χ0n) is 12.4. The molecular formula is C15H10ClN3O5S. The molecule has 0 aromatic heterocycles. The van der Waals surface area contributed by atoms with Crippen LogP contribution in [0.15, 0.2) is 47.4 Å². The minimum atomic E-state index is -4.33. The summed E-state index contributed by atoms with van der Waals surface area (Å²) >= 11 is 5.75. The predicted octanol–water partition coefficient (Wildman–Crippen LogP) is 2.42. The molecule has 0 aliphatic carbocycles. The largest absolute Gasteiger partial charge is 0.478 e. The molecule has 2 aromatic carbocycles. The normalized spacial score (nSPS) is 10.6. The summed E-state index contributed by atoms with van der Waals surface area (Å²) in [5.74, 6) is -1.33. The van der Waals surface area contributed by atoms with Crippen LogP contribution < -0.4 is 10.0 Å². The van der Waals surface area contributed by atoms with Crippen LogP contribution in [0.5, 0.6) is 0 Å². The van der Waals surface area contributed by atoms with E-state index < -0.39 is 22.0 Å². The lowest BCUT2D eigenvalue weighted by Gasteiger charge is -2.11. The Bertz CT molecular complexity index is 998. The number of anilines is 1. The van der Waals surface area contributed by atoms with Gasteiger partial charge in [0, 0.05) is 5.02 Å². The van der Waals surface area contributed by atoms with E-state index in [4.69, 9.17) is 22.0 Å². The van der Waals surface area contributed by atoms with Gasteiger partial charge >= 0.3 is 12.0 Å². The van der Waals surface area contributed by atoms with Crippen molar-refractivity contribution in [3.05, 3.63) is 58.6 Å². The number of carbonyl (C=O) groups excluding carboxylic acids is 1. The molecule has 10 heteroatoms. The van der Waals surface area contributed by atoms with Crippen molar-refractivity contribution in [2.45, 2.75) is 4.90 Å². The Balaban J connectivity index is 2.28. The summed E-state index contributed by atoms with van der Waals surface area (Å²) in [6.07, 6.45) is 0. The number of nitrogens with zero attached hydrogens (tertiary/aromatic N) is 1. The maximum absolute atomic E-state index is 12.2. The zero-order valence-corrected chi connectivity index (χ0v) is 13.9. The summed E-state index contributed by atoms with van der Waals surface area (Å²) in [5, 5.41) is 20.3. The summed E-state index contributed by atoms with van der Waals surface area (Å²) < 4.78 is 26.2. The molecule has 0 spiro atoms. The maximum Gasteiger partial charge on any atom is 0.337 e. The summed E-state index contributed by atoms with van der Waals surface area (Å²) in [6, 6.07) is 9.48. The number of halogens is 1. The molecule has 2 aromatic rings. The zero-order chi connectivity index (χ0) is 18.6. The molecule has 3 N–H and O–H groups in total. The summed E-state index contributed by atoms with van der Waals surface area (Å²) in [4.78, 5) is 22.7. The number of nitrogens with one attached hydrogen (secondary N) is 2. The van der Waals surface area contributed by atoms with Crippen molar-refractivity contribution in [1.29, 1.82) is 5.26 Å². The first-order valence-corrected chi connectivity index (χ1v) is 8.46. The number of sulfonamides is 1. The van der Waals surface area contributed by atoms with Crippen molar-refractivity contribution in [2.75, 3.05) is 5.32 Å². The van der Waals surface area contributed by atoms with Gasteiger partial charge in [0.25, 0.3) is 10.0 Å². The van der Waals surface area contributed by atoms with Crippen LogP contribution in [0.1, 0.15) is 15.9 Å². The van der Waals surface area contributed by atoms with Crippen molar-refractivity contribution in [3.8, 4) is 6.07 Å². The molecule has 0 radical (unpaired) electrons. The Labute approximate surface area is 147 Å². The van der Waals surface area contributed by atoms with Gasteiger partial charge in [-0.3, -0.25) is 0 Å². The predicted molar refractivity (Wildman–Crippen MR) is 88.9 cm³/mol. The van der Waals surface area contributed by atoms with E-state index in [-0.39, 0.29) is 26.7 Å². The highest BCUT2D eigenvalue weighted by atomic mass is 35.5. The minimum absolute atomic E-state index is 0.142. The van der Waals surface area contributed by atoms with Gasteiger partial charge in [-0.2, -0.15) is 5.26 Å². The average molecular weight is 380 g/mol. The van der Waals surface area contributed by atoms with Crippen LogP contribution in [0.4, 0.5) is 10.5 Å². The highest BCUT2D eigenvalue weighted by Gasteiger charge is 2.22. The average Bonchev–Trinajstić information content (AvgIpc) is 2.53. The number of carboxylic acids is 1. The van der Waals surface area contributed by atoms with Crippen LogP contribution in [-0.2, 0) is 10.0 Å². The number of hydrogen-bond donors (Lipinski definition) is 3. The second kappa shape index (κ2) is 7.21. The lowest BCUT2D eigenvalue weighted by atomic mass is 10.2. The summed E-state index contributed by atoms with van der Waals surface area (Å²) in [5.41, 5.74) is -0.590. The SMILES string of the molecule is N#Cc1ccccc1S(=O)(=O)NC(=O)Nc1cc(Cl)ccc1C(=O)O. The molecule has 0 aliphatic heterocycles. The first kappa shape index (κ1) is 18.3. The van der Waals surface area contributed by atoms with Crippen LogP contribution in [0, 0.1) is 11.3 Å². The van der Waals surface area contributed by atoms with Crippen molar-refractivity contribution in [3.63, 3.8) is 0 Å². The highest BCUT2D eigenvalue weighted by Crippen LogP contribution is 2.21. The molecule has 0 bridgehead atoms. The molecule has 25 heavy (non-hydrogen) atoms. The number of carbonyl (C=O) groups is 2. The Hall–Kier alpha value is -3.09.